The van der Waals surface area contributed by atoms with Gasteiger partial charge in [-0.1, -0.05) is 56.3 Å². The SMILES string of the molecule is Cc1ccc(C(C)(C)C)c(OC(=O)CSc2nc(-c3ccc(Cl)cc3)nc3cc(=O)[nH]n23)c1. The van der Waals surface area contributed by atoms with Crippen molar-refractivity contribution in [2.45, 2.75) is 38.3 Å². The normalized spacial score (nSPS) is 11.7. The lowest BCUT2D eigenvalue weighted by Crippen LogP contribution is -2.18. The number of aromatic amines is 1. The maximum atomic E-state index is 12.7. The summed E-state index contributed by atoms with van der Waals surface area (Å²) < 4.78 is 7.19. The molecule has 4 aromatic rings. The van der Waals surface area contributed by atoms with Crippen molar-refractivity contribution in [3.8, 4) is 17.1 Å². The molecule has 0 spiro atoms. The van der Waals surface area contributed by atoms with Gasteiger partial charge >= 0.3 is 5.97 Å². The van der Waals surface area contributed by atoms with E-state index in [0.717, 1.165) is 28.5 Å². The van der Waals surface area contributed by atoms with Crippen LogP contribution in [-0.2, 0) is 10.2 Å². The number of carbonyl (C=O) groups is 1. The highest BCUT2D eigenvalue weighted by atomic mass is 35.5. The summed E-state index contributed by atoms with van der Waals surface area (Å²) in [4.78, 5) is 33.6. The molecule has 0 saturated carbocycles. The number of ether oxygens (including phenoxy) is 1. The number of hydrogen-bond donors (Lipinski definition) is 1. The number of esters is 1. The number of aryl methyl sites for hydroxylation is 1. The van der Waals surface area contributed by atoms with Gasteiger partial charge in [0.05, 0.1) is 5.75 Å². The van der Waals surface area contributed by atoms with E-state index in [9.17, 15) is 9.59 Å². The largest absolute Gasteiger partial charge is 0.426 e. The van der Waals surface area contributed by atoms with Crippen LogP contribution in [0.25, 0.3) is 17.0 Å². The van der Waals surface area contributed by atoms with Gasteiger partial charge in [-0.05, 0) is 48.2 Å². The lowest BCUT2D eigenvalue weighted by Gasteiger charge is -2.22. The molecule has 7 nitrogen and oxygen atoms in total. The zero-order valence-electron chi connectivity index (χ0n) is 18.7. The predicted octanol–water partition coefficient (Wildman–Crippen LogP) is 5.04. The Balaban J connectivity index is 1.60. The number of benzene rings is 2. The van der Waals surface area contributed by atoms with E-state index >= 15 is 0 Å². The molecule has 0 aliphatic rings. The van der Waals surface area contributed by atoms with Crippen molar-refractivity contribution >= 4 is 35.0 Å². The Bertz CT molecular complexity index is 1390. The molecule has 2 heterocycles. The van der Waals surface area contributed by atoms with Crippen LogP contribution < -0.4 is 10.3 Å². The fraction of sp³-hybridized carbons (Fsp3) is 0.250. The number of rotatable bonds is 5. The van der Waals surface area contributed by atoms with Crippen molar-refractivity contribution < 1.29 is 9.53 Å². The molecular formula is C24H23ClN4O3S. The first-order valence-corrected chi connectivity index (χ1v) is 11.7. The number of thioether (sulfide) groups is 1. The molecule has 2 aromatic carbocycles. The average molecular weight is 483 g/mol. The molecule has 0 amide bonds. The van der Waals surface area contributed by atoms with Crippen LogP contribution in [0.4, 0.5) is 0 Å². The van der Waals surface area contributed by atoms with Crippen LogP contribution in [0, 0.1) is 6.92 Å². The van der Waals surface area contributed by atoms with Gasteiger partial charge in [-0.25, -0.2) is 14.5 Å². The van der Waals surface area contributed by atoms with Gasteiger partial charge in [0.15, 0.2) is 16.6 Å². The van der Waals surface area contributed by atoms with Gasteiger partial charge in [-0.15, -0.1) is 0 Å². The van der Waals surface area contributed by atoms with Crippen molar-refractivity contribution in [3.63, 3.8) is 0 Å². The van der Waals surface area contributed by atoms with Gasteiger partial charge in [-0.2, -0.15) is 0 Å². The molecule has 170 valence electrons. The first kappa shape index (κ1) is 23.1. The first-order valence-electron chi connectivity index (χ1n) is 10.3. The third kappa shape index (κ3) is 5.29. The zero-order valence-corrected chi connectivity index (χ0v) is 20.3. The molecule has 0 saturated heterocycles. The van der Waals surface area contributed by atoms with Crippen LogP contribution in [0.5, 0.6) is 5.75 Å². The van der Waals surface area contributed by atoms with Crippen molar-refractivity contribution in [1.29, 1.82) is 0 Å². The quantitative estimate of drug-likeness (QED) is 0.243. The lowest BCUT2D eigenvalue weighted by atomic mass is 9.86. The predicted molar refractivity (Wildman–Crippen MR) is 130 cm³/mol. The van der Waals surface area contributed by atoms with E-state index in [-0.39, 0.29) is 16.7 Å². The van der Waals surface area contributed by atoms with Crippen LogP contribution in [0.3, 0.4) is 0 Å². The van der Waals surface area contributed by atoms with Crippen molar-refractivity contribution in [1.82, 2.24) is 19.6 Å². The molecule has 2 aromatic heterocycles. The van der Waals surface area contributed by atoms with Crippen LogP contribution in [-0.4, -0.2) is 31.3 Å². The Kier molecular flexibility index (Phi) is 6.32. The summed E-state index contributed by atoms with van der Waals surface area (Å²) in [7, 11) is 0. The minimum atomic E-state index is -0.412. The van der Waals surface area contributed by atoms with E-state index in [0.29, 0.717) is 27.4 Å². The second-order valence-electron chi connectivity index (χ2n) is 8.66. The Morgan fingerprint density at radius 1 is 1.12 bits per heavy atom. The molecule has 0 aliphatic carbocycles. The summed E-state index contributed by atoms with van der Waals surface area (Å²) >= 11 is 7.14. The minimum absolute atomic E-state index is 0.00388. The molecular weight excluding hydrogens is 460 g/mol. The number of H-pyrrole nitrogens is 1. The Labute approximate surface area is 200 Å². The average Bonchev–Trinajstić information content (AvgIpc) is 3.12. The smallest absolute Gasteiger partial charge is 0.321 e. The summed E-state index contributed by atoms with van der Waals surface area (Å²) in [5, 5.41) is 3.69. The number of nitrogens with one attached hydrogen (secondary N) is 1. The van der Waals surface area contributed by atoms with Crippen LogP contribution >= 0.6 is 23.4 Å². The number of fused-ring (bicyclic) bond motifs is 1. The van der Waals surface area contributed by atoms with Crippen LogP contribution in [0.1, 0.15) is 31.9 Å². The van der Waals surface area contributed by atoms with Crippen molar-refractivity contribution in [2.75, 3.05) is 5.75 Å². The highest BCUT2D eigenvalue weighted by Gasteiger charge is 2.21. The van der Waals surface area contributed by atoms with Crippen molar-refractivity contribution in [2.24, 2.45) is 0 Å². The molecule has 0 aliphatic heterocycles. The summed E-state index contributed by atoms with van der Waals surface area (Å²) in [5.74, 6) is 0.571. The van der Waals surface area contributed by atoms with E-state index in [1.54, 1.807) is 24.3 Å². The number of halogens is 1. The van der Waals surface area contributed by atoms with E-state index in [1.807, 2.05) is 25.1 Å². The number of hydrogen-bond acceptors (Lipinski definition) is 6. The first-order chi connectivity index (χ1) is 15.6. The van der Waals surface area contributed by atoms with E-state index < -0.39 is 5.97 Å². The molecule has 0 bridgehead atoms. The lowest BCUT2D eigenvalue weighted by molar-refractivity contribution is -0.131. The van der Waals surface area contributed by atoms with Gasteiger partial charge < -0.3 is 4.74 Å². The van der Waals surface area contributed by atoms with Gasteiger partial charge in [0, 0.05) is 22.2 Å². The highest BCUT2D eigenvalue weighted by molar-refractivity contribution is 7.99. The summed E-state index contributed by atoms with van der Waals surface area (Å²) in [6, 6.07) is 14.3. The van der Waals surface area contributed by atoms with Crippen LogP contribution in [0.15, 0.2) is 58.5 Å². The maximum absolute atomic E-state index is 12.7. The molecule has 0 unspecified atom stereocenters. The highest BCUT2D eigenvalue weighted by Crippen LogP contribution is 2.32. The maximum Gasteiger partial charge on any atom is 0.321 e. The second-order valence-corrected chi connectivity index (χ2v) is 10.0. The standard InChI is InChI=1S/C24H23ClN4O3S/c1-14-5-10-17(24(2,3)4)18(11-14)32-21(31)13-33-23-27-22(15-6-8-16(25)9-7-15)26-19-12-20(30)28-29(19)23/h5-12H,13H2,1-4H3,(H,28,30). The molecule has 33 heavy (non-hydrogen) atoms. The van der Waals surface area contributed by atoms with Gasteiger partial charge in [0.25, 0.3) is 5.56 Å². The molecule has 1 N–H and O–H groups in total. The monoisotopic (exact) mass is 482 g/mol. The molecule has 0 atom stereocenters. The van der Waals surface area contributed by atoms with Gasteiger partial charge in [0.2, 0.25) is 0 Å². The van der Waals surface area contributed by atoms with Crippen LogP contribution in [0.2, 0.25) is 5.02 Å². The summed E-state index contributed by atoms with van der Waals surface area (Å²) in [5.41, 5.74) is 2.63. The Morgan fingerprint density at radius 2 is 1.85 bits per heavy atom. The van der Waals surface area contributed by atoms with E-state index in [2.05, 4.69) is 35.8 Å². The Morgan fingerprint density at radius 3 is 2.55 bits per heavy atom. The molecule has 9 heteroatoms. The van der Waals surface area contributed by atoms with E-state index in [4.69, 9.17) is 16.3 Å². The van der Waals surface area contributed by atoms with E-state index in [1.165, 1.54) is 10.6 Å². The third-order valence-electron chi connectivity index (χ3n) is 4.92. The minimum Gasteiger partial charge on any atom is -0.426 e. The summed E-state index contributed by atoms with van der Waals surface area (Å²) in [6.45, 7) is 8.17. The Hall–Kier alpha value is -3.10. The molecule has 4 rings (SSSR count). The third-order valence-corrected chi connectivity index (χ3v) is 6.08. The number of aromatic nitrogens is 4. The topological polar surface area (TPSA) is 89.3 Å². The fourth-order valence-corrected chi connectivity index (χ4v) is 4.17. The van der Waals surface area contributed by atoms with Crippen molar-refractivity contribution in [3.05, 3.63) is 75.0 Å². The second kappa shape index (κ2) is 9.03. The fourth-order valence-electron chi connectivity index (χ4n) is 3.32. The van der Waals surface area contributed by atoms with Gasteiger partial charge in [0.1, 0.15) is 5.75 Å². The van der Waals surface area contributed by atoms with Gasteiger partial charge in [-0.3, -0.25) is 14.7 Å². The molecule has 0 radical (unpaired) electrons. The summed E-state index contributed by atoms with van der Waals surface area (Å²) in [6.07, 6.45) is 0. The number of nitrogens with zero attached hydrogens (tertiary/aromatic N) is 3. The number of carbonyl (C=O) groups excluding carboxylic acids is 1. The molecule has 0 fully saturated rings. The zero-order chi connectivity index (χ0) is 23.8.